The second kappa shape index (κ2) is 12.4. The van der Waals surface area contributed by atoms with Crippen LogP contribution in [0.4, 0.5) is 0 Å². The molecular weight excluding hydrogens is 434 g/mol. The Morgan fingerprint density at radius 3 is 2.59 bits per heavy atom. The predicted molar refractivity (Wildman–Crippen MR) is 128 cm³/mol. The van der Waals surface area contributed by atoms with E-state index >= 15 is 0 Å². The molecule has 0 saturated heterocycles. The van der Waals surface area contributed by atoms with Gasteiger partial charge in [-0.1, -0.05) is 13.3 Å². The van der Waals surface area contributed by atoms with Crippen LogP contribution >= 0.6 is 0 Å². The van der Waals surface area contributed by atoms with Gasteiger partial charge in [0, 0.05) is 23.6 Å². The number of ketones is 1. The molecule has 0 spiro atoms. The van der Waals surface area contributed by atoms with Crippen molar-refractivity contribution < 1.29 is 28.9 Å². The van der Waals surface area contributed by atoms with Gasteiger partial charge in [-0.25, -0.2) is 4.79 Å². The van der Waals surface area contributed by atoms with Crippen molar-refractivity contribution in [3.05, 3.63) is 58.7 Å². The maximum Gasteiger partial charge on any atom is 0.328 e. The molecule has 1 heterocycles. The quantitative estimate of drug-likeness (QED) is 0.340. The number of fused-ring (bicyclic) bond motifs is 1. The lowest BCUT2D eigenvalue weighted by Crippen LogP contribution is -2.17. The number of hydrogen-bond donors (Lipinski definition) is 1. The van der Waals surface area contributed by atoms with E-state index in [0.717, 1.165) is 49.5 Å². The highest BCUT2D eigenvalue weighted by Gasteiger charge is 2.23. The van der Waals surface area contributed by atoms with Gasteiger partial charge in [-0.05, 0) is 62.1 Å². The third-order valence-corrected chi connectivity index (χ3v) is 5.44. The molecular formula is C27H29NO6. The van der Waals surface area contributed by atoms with Crippen LogP contribution in [0.3, 0.4) is 0 Å². The van der Waals surface area contributed by atoms with Crippen molar-refractivity contribution in [2.24, 2.45) is 0 Å². The highest BCUT2D eigenvalue weighted by Crippen LogP contribution is 2.36. The number of nitriles is 1. The van der Waals surface area contributed by atoms with Gasteiger partial charge in [-0.15, -0.1) is 0 Å². The predicted octanol–water partition coefficient (Wildman–Crippen LogP) is 5.20. The second-order valence-corrected chi connectivity index (χ2v) is 7.98. The molecule has 1 aliphatic heterocycles. The molecule has 34 heavy (non-hydrogen) atoms. The van der Waals surface area contributed by atoms with Crippen LogP contribution in [0.25, 0.3) is 6.08 Å². The number of nitrogens with zero attached hydrogens (tertiary/aromatic N) is 1. The fourth-order valence-corrected chi connectivity index (χ4v) is 3.78. The first-order valence-electron chi connectivity index (χ1n) is 11.6. The van der Waals surface area contributed by atoms with E-state index in [2.05, 4.69) is 6.92 Å². The standard InChI is InChI=1S/C27H29NO6/c1-2-6-22-25(11-9-21-23(29)13-16-34-27(21)22)33-15-5-3-4-14-32-24-10-7-19(18-28)17-20(24)8-12-26(30)31/h7-12,17H,2-6,13-16H2,1H3,(H,30,31). The van der Waals surface area contributed by atoms with Crippen molar-refractivity contribution in [3.63, 3.8) is 0 Å². The van der Waals surface area contributed by atoms with E-state index in [1.165, 1.54) is 6.08 Å². The highest BCUT2D eigenvalue weighted by molar-refractivity contribution is 6.00. The van der Waals surface area contributed by atoms with E-state index in [4.69, 9.17) is 24.6 Å². The van der Waals surface area contributed by atoms with Gasteiger partial charge < -0.3 is 19.3 Å². The van der Waals surface area contributed by atoms with Gasteiger partial charge in [0.25, 0.3) is 0 Å². The molecule has 0 saturated carbocycles. The minimum Gasteiger partial charge on any atom is -0.493 e. The van der Waals surface area contributed by atoms with E-state index < -0.39 is 5.97 Å². The van der Waals surface area contributed by atoms with E-state index in [-0.39, 0.29) is 5.78 Å². The van der Waals surface area contributed by atoms with Gasteiger partial charge in [0.1, 0.15) is 17.2 Å². The summed E-state index contributed by atoms with van der Waals surface area (Å²) in [7, 11) is 0. The molecule has 0 unspecified atom stereocenters. The molecule has 0 bridgehead atoms. The highest BCUT2D eigenvalue weighted by atomic mass is 16.5. The summed E-state index contributed by atoms with van der Waals surface area (Å²) < 4.78 is 17.6. The lowest BCUT2D eigenvalue weighted by atomic mass is 9.98. The third kappa shape index (κ3) is 6.61. The summed E-state index contributed by atoms with van der Waals surface area (Å²) in [6.45, 7) is 3.52. The molecule has 0 aliphatic carbocycles. The minimum absolute atomic E-state index is 0.119. The molecule has 7 nitrogen and oxygen atoms in total. The molecule has 0 atom stereocenters. The fraction of sp³-hybridized carbons (Fsp3) is 0.370. The second-order valence-electron chi connectivity index (χ2n) is 7.98. The lowest BCUT2D eigenvalue weighted by molar-refractivity contribution is -0.131. The van der Waals surface area contributed by atoms with Crippen LogP contribution in [-0.4, -0.2) is 36.7 Å². The molecule has 3 rings (SSSR count). The monoisotopic (exact) mass is 463 g/mol. The Kier molecular flexibility index (Phi) is 9.10. The molecule has 0 amide bonds. The summed E-state index contributed by atoms with van der Waals surface area (Å²) in [6.07, 6.45) is 7.12. The Bertz CT molecular complexity index is 1100. The number of aliphatic carboxylic acids is 1. The first kappa shape index (κ1) is 24.8. The minimum atomic E-state index is -1.06. The normalized spacial score (nSPS) is 12.6. The SMILES string of the molecule is CCCc1c(OCCCCCOc2ccc(C#N)cc2C=CC(=O)O)ccc2c1OCCC2=O. The van der Waals surface area contributed by atoms with Crippen LogP contribution in [0.2, 0.25) is 0 Å². The molecule has 2 aromatic rings. The van der Waals surface area contributed by atoms with Gasteiger partial charge in [-0.3, -0.25) is 4.79 Å². The van der Waals surface area contributed by atoms with E-state index in [1.807, 2.05) is 12.1 Å². The van der Waals surface area contributed by atoms with Crippen LogP contribution in [0.15, 0.2) is 36.4 Å². The number of carbonyl (C=O) groups is 2. The number of hydrogen-bond acceptors (Lipinski definition) is 6. The first-order valence-corrected chi connectivity index (χ1v) is 11.6. The van der Waals surface area contributed by atoms with Crippen LogP contribution in [0.5, 0.6) is 17.2 Å². The first-order chi connectivity index (χ1) is 16.5. The Balaban J connectivity index is 1.48. The number of Topliss-reactive ketones (excluding diaryl/α,β-unsaturated/α-hetero) is 1. The van der Waals surface area contributed by atoms with Crippen LogP contribution in [0.1, 0.15) is 66.1 Å². The van der Waals surface area contributed by atoms with E-state index in [0.29, 0.717) is 54.4 Å². The summed E-state index contributed by atoms with van der Waals surface area (Å²) in [6, 6.07) is 10.6. The average Bonchev–Trinajstić information content (AvgIpc) is 2.83. The van der Waals surface area contributed by atoms with E-state index in [1.54, 1.807) is 24.3 Å². The van der Waals surface area contributed by atoms with Crippen LogP contribution in [-0.2, 0) is 11.2 Å². The Morgan fingerprint density at radius 2 is 1.88 bits per heavy atom. The summed E-state index contributed by atoms with van der Waals surface area (Å²) in [5, 5.41) is 17.9. The average molecular weight is 464 g/mol. The fourth-order valence-electron chi connectivity index (χ4n) is 3.78. The molecule has 0 radical (unpaired) electrons. The Labute approximate surface area is 199 Å². The van der Waals surface area contributed by atoms with Crippen molar-refractivity contribution in [2.75, 3.05) is 19.8 Å². The largest absolute Gasteiger partial charge is 0.493 e. The molecule has 178 valence electrons. The van der Waals surface area contributed by atoms with Crippen molar-refractivity contribution >= 4 is 17.8 Å². The lowest BCUT2D eigenvalue weighted by Gasteiger charge is -2.22. The van der Waals surface area contributed by atoms with Gasteiger partial charge in [-0.2, -0.15) is 5.26 Å². The maximum absolute atomic E-state index is 12.2. The summed E-state index contributed by atoms with van der Waals surface area (Å²) >= 11 is 0. The number of carboxylic acid groups (broad SMARTS) is 1. The number of carbonyl (C=O) groups excluding carboxylic acids is 1. The Morgan fingerprint density at radius 1 is 1.15 bits per heavy atom. The van der Waals surface area contributed by atoms with Gasteiger partial charge in [0.15, 0.2) is 5.78 Å². The number of ether oxygens (including phenoxy) is 3. The van der Waals surface area contributed by atoms with Crippen molar-refractivity contribution in [3.8, 4) is 23.3 Å². The maximum atomic E-state index is 12.2. The van der Waals surface area contributed by atoms with E-state index in [9.17, 15) is 9.59 Å². The zero-order valence-electron chi connectivity index (χ0n) is 19.3. The molecule has 1 N–H and O–H groups in total. The molecule has 1 aliphatic rings. The zero-order chi connectivity index (χ0) is 24.3. The number of carboxylic acids is 1. The smallest absolute Gasteiger partial charge is 0.328 e. The summed E-state index contributed by atoms with van der Waals surface area (Å²) in [4.78, 5) is 23.0. The number of rotatable bonds is 12. The van der Waals surface area contributed by atoms with Crippen molar-refractivity contribution in [1.29, 1.82) is 5.26 Å². The summed E-state index contributed by atoms with van der Waals surface area (Å²) in [5.41, 5.74) is 2.62. The summed E-state index contributed by atoms with van der Waals surface area (Å²) in [5.74, 6) is 1.06. The van der Waals surface area contributed by atoms with Gasteiger partial charge >= 0.3 is 5.97 Å². The van der Waals surface area contributed by atoms with Crippen molar-refractivity contribution in [1.82, 2.24) is 0 Å². The van der Waals surface area contributed by atoms with Gasteiger partial charge in [0.2, 0.25) is 0 Å². The van der Waals surface area contributed by atoms with Crippen LogP contribution < -0.4 is 14.2 Å². The molecule has 7 heteroatoms. The number of unbranched alkanes of at least 4 members (excludes halogenated alkanes) is 2. The Hall–Kier alpha value is -3.79. The van der Waals surface area contributed by atoms with Gasteiger partial charge in [0.05, 0.1) is 37.0 Å². The van der Waals surface area contributed by atoms with Crippen LogP contribution in [0, 0.1) is 11.3 Å². The topological polar surface area (TPSA) is 106 Å². The molecule has 2 aromatic carbocycles. The third-order valence-electron chi connectivity index (χ3n) is 5.44. The number of benzene rings is 2. The van der Waals surface area contributed by atoms with Crippen molar-refractivity contribution in [2.45, 2.75) is 45.4 Å². The zero-order valence-corrected chi connectivity index (χ0v) is 19.3. The molecule has 0 aromatic heterocycles. The molecule has 0 fully saturated rings.